The lowest BCUT2D eigenvalue weighted by molar-refractivity contribution is 0.178. The molecule has 0 atom stereocenters. The molecular formula is C19H19N5OS2. The average molecular weight is 398 g/mol. The Balaban J connectivity index is 1.74. The molecule has 0 spiro atoms. The smallest absolute Gasteiger partial charge is 0.182 e. The van der Waals surface area contributed by atoms with Gasteiger partial charge in [0.05, 0.1) is 17.6 Å². The van der Waals surface area contributed by atoms with E-state index in [1.807, 2.05) is 30.6 Å². The summed E-state index contributed by atoms with van der Waals surface area (Å²) in [4.78, 5) is 14.9. The number of thiophene rings is 1. The first-order chi connectivity index (χ1) is 13.3. The summed E-state index contributed by atoms with van der Waals surface area (Å²) in [6.45, 7) is 0.977. The van der Waals surface area contributed by atoms with Crippen molar-refractivity contribution in [3.05, 3.63) is 52.6 Å². The van der Waals surface area contributed by atoms with Crippen LogP contribution >= 0.6 is 22.7 Å². The summed E-state index contributed by atoms with van der Waals surface area (Å²) in [5.41, 5.74) is 3.26. The zero-order valence-electron chi connectivity index (χ0n) is 15.0. The first kappa shape index (κ1) is 17.8. The van der Waals surface area contributed by atoms with E-state index in [1.165, 1.54) is 0 Å². The summed E-state index contributed by atoms with van der Waals surface area (Å²) >= 11 is 3.21. The Morgan fingerprint density at radius 1 is 1.04 bits per heavy atom. The highest BCUT2D eigenvalue weighted by molar-refractivity contribution is 7.17. The Morgan fingerprint density at radius 2 is 1.89 bits per heavy atom. The quantitative estimate of drug-likeness (QED) is 0.474. The molecule has 0 amide bonds. The second kappa shape index (κ2) is 7.99. The van der Waals surface area contributed by atoms with E-state index in [9.17, 15) is 0 Å². The third-order valence-corrected chi connectivity index (χ3v) is 5.82. The monoisotopic (exact) mass is 397 g/mol. The lowest BCUT2D eigenvalue weighted by atomic mass is 10.1. The Morgan fingerprint density at radius 3 is 2.63 bits per heavy atom. The molecule has 0 fully saturated rings. The molecule has 0 bridgehead atoms. The molecule has 138 valence electrons. The fraction of sp³-hybridized carbons (Fsp3) is 0.211. The van der Waals surface area contributed by atoms with E-state index in [-0.39, 0.29) is 0 Å². The van der Waals surface area contributed by atoms with Crippen molar-refractivity contribution in [1.29, 1.82) is 0 Å². The van der Waals surface area contributed by atoms with Gasteiger partial charge in [0.1, 0.15) is 17.3 Å². The summed E-state index contributed by atoms with van der Waals surface area (Å²) in [7, 11) is 3.53. The minimum atomic E-state index is 0.379. The number of rotatable bonds is 7. The number of hydrogen-bond donors (Lipinski definition) is 2. The van der Waals surface area contributed by atoms with Gasteiger partial charge in [0.2, 0.25) is 0 Å². The van der Waals surface area contributed by atoms with Crippen LogP contribution in [-0.4, -0.2) is 29.1 Å². The third-order valence-electron chi connectivity index (χ3n) is 4.04. The molecule has 6 nitrogen and oxygen atoms in total. The Bertz CT molecular complexity index is 1040. The van der Waals surface area contributed by atoms with Gasteiger partial charge >= 0.3 is 0 Å². The zero-order chi connectivity index (χ0) is 18.6. The number of hydrogen-bond acceptors (Lipinski definition) is 8. The molecule has 0 aliphatic carbocycles. The summed E-state index contributed by atoms with van der Waals surface area (Å²) in [6, 6.07) is 10.3. The van der Waals surface area contributed by atoms with E-state index in [4.69, 9.17) is 9.72 Å². The van der Waals surface area contributed by atoms with Crippen LogP contribution in [0.15, 0.2) is 41.1 Å². The van der Waals surface area contributed by atoms with Crippen molar-refractivity contribution in [3.8, 4) is 11.1 Å². The van der Waals surface area contributed by atoms with Gasteiger partial charge in [-0.1, -0.05) is 30.3 Å². The fourth-order valence-electron chi connectivity index (χ4n) is 2.82. The number of nitrogens with zero attached hydrogens (tertiary/aromatic N) is 3. The average Bonchev–Trinajstić information content (AvgIpc) is 3.34. The summed E-state index contributed by atoms with van der Waals surface area (Å²) < 4.78 is 5.24. The topological polar surface area (TPSA) is 72.0 Å². The van der Waals surface area contributed by atoms with Crippen molar-refractivity contribution in [1.82, 2.24) is 15.0 Å². The van der Waals surface area contributed by atoms with Crippen LogP contribution in [0.1, 0.15) is 11.5 Å². The van der Waals surface area contributed by atoms with E-state index in [2.05, 4.69) is 38.1 Å². The number of benzene rings is 1. The summed E-state index contributed by atoms with van der Waals surface area (Å²) in [5, 5.41) is 12.6. The molecule has 0 saturated carbocycles. The van der Waals surface area contributed by atoms with Gasteiger partial charge in [-0.2, -0.15) is 0 Å². The molecule has 3 heterocycles. The van der Waals surface area contributed by atoms with Gasteiger partial charge in [-0.05, 0) is 5.56 Å². The molecule has 4 rings (SSSR count). The second-order valence-corrected chi connectivity index (χ2v) is 7.58. The molecule has 27 heavy (non-hydrogen) atoms. The van der Waals surface area contributed by atoms with Gasteiger partial charge in [-0.3, -0.25) is 0 Å². The molecule has 2 N–H and O–H groups in total. The highest BCUT2D eigenvalue weighted by Gasteiger charge is 2.15. The number of anilines is 2. The van der Waals surface area contributed by atoms with Crippen LogP contribution in [0.5, 0.6) is 0 Å². The van der Waals surface area contributed by atoms with E-state index in [1.54, 1.807) is 29.8 Å². The SMILES string of the molecule is CNc1nc(CNc2nc(COC)nc3scc(-c4ccccc4)c23)cs1. The number of thiazole rings is 1. The van der Waals surface area contributed by atoms with Crippen LogP contribution < -0.4 is 10.6 Å². The van der Waals surface area contributed by atoms with E-state index >= 15 is 0 Å². The molecule has 8 heteroatoms. The predicted molar refractivity (Wildman–Crippen MR) is 113 cm³/mol. The fourth-order valence-corrected chi connectivity index (χ4v) is 4.45. The molecule has 0 aliphatic rings. The highest BCUT2D eigenvalue weighted by atomic mass is 32.1. The molecule has 4 aromatic rings. The molecular weight excluding hydrogens is 378 g/mol. The molecule has 0 radical (unpaired) electrons. The maximum absolute atomic E-state index is 5.24. The maximum Gasteiger partial charge on any atom is 0.182 e. The molecule has 0 saturated heterocycles. The van der Waals surface area contributed by atoms with Gasteiger partial charge < -0.3 is 15.4 Å². The minimum absolute atomic E-state index is 0.379. The van der Waals surface area contributed by atoms with Crippen molar-refractivity contribution >= 4 is 43.8 Å². The van der Waals surface area contributed by atoms with Crippen LogP contribution in [0, 0.1) is 0 Å². The van der Waals surface area contributed by atoms with Crippen molar-refractivity contribution in [2.75, 3.05) is 24.8 Å². The highest BCUT2D eigenvalue weighted by Crippen LogP contribution is 2.37. The third kappa shape index (κ3) is 3.78. The van der Waals surface area contributed by atoms with Crippen molar-refractivity contribution < 1.29 is 4.74 Å². The van der Waals surface area contributed by atoms with Crippen molar-refractivity contribution in [2.24, 2.45) is 0 Å². The van der Waals surface area contributed by atoms with Gasteiger partial charge in [0, 0.05) is 30.5 Å². The summed E-state index contributed by atoms with van der Waals surface area (Å²) in [6.07, 6.45) is 0. The number of ether oxygens (including phenoxy) is 1. The Hall–Kier alpha value is -2.55. The van der Waals surface area contributed by atoms with E-state index in [0.717, 1.165) is 38.0 Å². The number of aromatic nitrogens is 3. The maximum atomic E-state index is 5.24. The minimum Gasteiger partial charge on any atom is -0.377 e. The number of methoxy groups -OCH3 is 1. The molecule has 0 unspecified atom stereocenters. The lowest BCUT2D eigenvalue weighted by Gasteiger charge is -2.10. The lowest BCUT2D eigenvalue weighted by Crippen LogP contribution is -2.06. The van der Waals surface area contributed by atoms with Crippen LogP contribution in [0.3, 0.4) is 0 Å². The van der Waals surface area contributed by atoms with Crippen LogP contribution in [0.4, 0.5) is 10.9 Å². The largest absolute Gasteiger partial charge is 0.377 e. The van der Waals surface area contributed by atoms with Gasteiger partial charge in [0.25, 0.3) is 0 Å². The normalized spacial score (nSPS) is 11.0. The molecule has 3 aromatic heterocycles. The van der Waals surface area contributed by atoms with E-state index in [0.29, 0.717) is 19.0 Å². The first-order valence-corrected chi connectivity index (χ1v) is 10.2. The second-order valence-electron chi connectivity index (χ2n) is 5.86. The first-order valence-electron chi connectivity index (χ1n) is 8.47. The van der Waals surface area contributed by atoms with Crippen molar-refractivity contribution in [2.45, 2.75) is 13.2 Å². The van der Waals surface area contributed by atoms with Gasteiger partial charge in [0.15, 0.2) is 11.0 Å². The standard InChI is InChI=1S/C19H19N5OS2/c1-20-19-22-13(10-27-19)8-21-17-16-14(12-6-4-3-5-7-12)11-26-18(16)24-15(23-17)9-25-2/h3-7,10-11H,8-9H2,1-2H3,(H,20,22)(H,21,23,24). The zero-order valence-corrected chi connectivity index (χ0v) is 16.7. The Kier molecular flexibility index (Phi) is 5.28. The van der Waals surface area contributed by atoms with Crippen LogP contribution in [-0.2, 0) is 17.9 Å². The molecule has 0 aliphatic heterocycles. The number of nitrogens with one attached hydrogen (secondary N) is 2. The van der Waals surface area contributed by atoms with Crippen LogP contribution in [0.25, 0.3) is 21.3 Å². The number of fused-ring (bicyclic) bond motifs is 1. The molecule has 1 aromatic carbocycles. The Labute approximate surface area is 165 Å². The summed E-state index contributed by atoms with van der Waals surface area (Å²) in [5.74, 6) is 1.48. The van der Waals surface area contributed by atoms with Crippen LogP contribution in [0.2, 0.25) is 0 Å². The van der Waals surface area contributed by atoms with Gasteiger partial charge in [-0.15, -0.1) is 22.7 Å². The van der Waals surface area contributed by atoms with Gasteiger partial charge in [-0.25, -0.2) is 15.0 Å². The van der Waals surface area contributed by atoms with E-state index < -0.39 is 0 Å². The van der Waals surface area contributed by atoms with Crippen molar-refractivity contribution in [3.63, 3.8) is 0 Å². The predicted octanol–water partition coefficient (Wildman–Crippen LogP) is 4.62.